The summed E-state index contributed by atoms with van der Waals surface area (Å²) < 4.78 is 5.32. The molecule has 5 nitrogen and oxygen atoms in total. The van der Waals surface area contributed by atoms with Gasteiger partial charge >= 0.3 is 0 Å². The van der Waals surface area contributed by atoms with Gasteiger partial charge in [-0.1, -0.05) is 42.7 Å². The van der Waals surface area contributed by atoms with Crippen molar-refractivity contribution >= 4 is 11.6 Å². The van der Waals surface area contributed by atoms with E-state index in [9.17, 15) is 9.90 Å². The van der Waals surface area contributed by atoms with Crippen molar-refractivity contribution in [2.24, 2.45) is 5.92 Å². The van der Waals surface area contributed by atoms with Gasteiger partial charge in [0.1, 0.15) is 5.75 Å². The maximum atomic E-state index is 12.8. The molecule has 1 heterocycles. The highest BCUT2D eigenvalue weighted by Crippen LogP contribution is 2.49. The van der Waals surface area contributed by atoms with E-state index in [2.05, 4.69) is 22.3 Å². The lowest BCUT2D eigenvalue weighted by atomic mass is 9.66. The van der Waals surface area contributed by atoms with Gasteiger partial charge in [0, 0.05) is 24.2 Å². The molecule has 0 radical (unpaired) electrons. The zero-order chi connectivity index (χ0) is 21.1. The summed E-state index contributed by atoms with van der Waals surface area (Å²) in [4.78, 5) is 15.1. The van der Waals surface area contributed by atoms with Gasteiger partial charge in [-0.15, -0.1) is 0 Å². The number of ether oxygens (including phenoxy) is 1. The highest BCUT2D eigenvalue weighted by atomic mass is 16.5. The van der Waals surface area contributed by atoms with Crippen LogP contribution in [-0.4, -0.2) is 41.7 Å². The summed E-state index contributed by atoms with van der Waals surface area (Å²) in [6.07, 6.45) is 4.78. The summed E-state index contributed by atoms with van der Waals surface area (Å²) in [7, 11) is 1.66. The molecule has 0 unspecified atom stereocenters. The number of hydrogen-bond donors (Lipinski definition) is 2. The van der Waals surface area contributed by atoms with Crippen molar-refractivity contribution < 1.29 is 14.6 Å². The zero-order valence-electron chi connectivity index (χ0n) is 17.9. The molecule has 1 aliphatic carbocycles. The Kier molecular flexibility index (Phi) is 6.11. The van der Waals surface area contributed by atoms with Crippen LogP contribution in [0, 0.1) is 12.8 Å². The monoisotopic (exact) mass is 408 g/mol. The molecule has 160 valence electrons. The van der Waals surface area contributed by atoms with Crippen LogP contribution in [-0.2, 0) is 4.79 Å². The highest BCUT2D eigenvalue weighted by Gasteiger charge is 2.49. The average molecular weight is 409 g/mol. The molecule has 2 aromatic carbocycles. The lowest BCUT2D eigenvalue weighted by molar-refractivity contribution is -0.135. The van der Waals surface area contributed by atoms with Crippen LogP contribution in [0.2, 0.25) is 0 Å². The third kappa shape index (κ3) is 4.37. The van der Waals surface area contributed by atoms with E-state index >= 15 is 0 Å². The van der Waals surface area contributed by atoms with Crippen LogP contribution in [0.15, 0.2) is 48.5 Å². The van der Waals surface area contributed by atoms with Crippen molar-refractivity contribution in [1.82, 2.24) is 4.90 Å². The number of amides is 1. The Labute approximate surface area is 179 Å². The van der Waals surface area contributed by atoms with E-state index in [0.717, 1.165) is 49.1 Å². The number of carbonyl (C=O) groups excluding carboxylic acids is 1. The highest BCUT2D eigenvalue weighted by molar-refractivity contribution is 5.92. The molecule has 2 aromatic rings. The number of fused-ring (bicyclic) bond motifs is 1. The van der Waals surface area contributed by atoms with Crippen LogP contribution in [0.1, 0.15) is 49.3 Å². The normalized spacial score (nSPS) is 26.6. The lowest BCUT2D eigenvalue weighted by Gasteiger charge is -2.52. The van der Waals surface area contributed by atoms with E-state index in [1.54, 1.807) is 7.11 Å². The van der Waals surface area contributed by atoms with Gasteiger partial charge in [0.15, 0.2) is 0 Å². The molecule has 1 amide bonds. The summed E-state index contributed by atoms with van der Waals surface area (Å²) in [6.45, 7) is 3.06. The largest absolute Gasteiger partial charge is 0.497 e. The topological polar surface area (TPSA) is 61.8 Å². The molecule has 3 atom stereocenters. The third-order valence-electron chi connectivity index (χ3n) is 6.81. The summed E-state index contributed by atoms with van der Waals surface area (Å²) in [5, 5.41) is 14.4. The van der Waals surface area contributed by atoms with E-state index in [0.29, 0.717) is 13.1 Å². The molecule has 2 aliphatic rings. The Balaban J connectivity index is 1.56. The van der Waals surface area contributed by atoms with Crippen molar-refractivity contribution in [3.05, 3.63) is 59.7 Å². The number of nitrogens with one attached hydrogen (secondary N) is 1. The van der Waals surface area contributed by atoms with Crippen LogP contribution in [0.5, 0.6) is 5.75 Å². The smallest absolute Gasteiger partial charge is 0.238 e. The fraction of sp³-hybridized carbons (Fsp3) is 0.480. The van der Waals surface area contributed by atoms with Crippen LogP contribution in [0.3, 0.4) is 0 Å². The Morgan fingerprint density at radius 2 is 1.87 bits per heavy atom. The fourth-order valence-corrected chi connectivity index (χ4v) is 5.19. The summed E-state index contributed by atoms with van der Waals surface area (Å²) >= 11 is 0. The van der Waals surface area contributed by atoms with E-state index in [4.69, 9.17) is 4.74 Å². The first kappa shape index (κ1) is 20.9. The Morgan fingerprint density at radius 3 is 2.57 bits per heavy atom. The molecular weight excluding hydrogens is 376 g/mol. The van der Waals surface area contributed by atoms with Crippen molar-refractivity contribution in [3.63, 3.8) is 0 Å². The number of piperidine rings is 1. The molecule has 1 saturated heterocycles. The quantitative estimate of drug-likeness (QED) is 0.774. The van der Waals surface area contributed by atoms with E-state index in [-0.39, 0.29) is 17.9 Å². The van der Waals surface area contributed by atoms with Crippen LogP contribution in [0.25, 0.3) is 0 Å². The van der Waals surface area contributed by atoms with Gasteiger partial charge in [-0.25, -0.2) is 0 Å². The fourth-order valence-electron chi connectivity index (χ4n) is 5.19. The van der Waals surface area contributed by atoms with Gasteiger partial charge in [-0.05, 0) is 56.0 Å². The number of methoxy groups -OCH3 is 1. The van der Waals surface area contributed by atoms with Crippen molar-refractivity contribution in [1.29, 1.82) is 0 Å². The number of hydrogen-bond acceptors (Lipinski definition) is 4. The number of benzene rings is 2. The Morgan fingerprint density at radius 1 is 1.13 bits per heavy atom. The number of aryl methyl sites for hydroxylation is 1. The van der Waals surface area contributed by atoms with Crippen LogP contribution in [0.4, 0.5) is 5.69 Å². The number of nitrogens with zero attached hydrogens (tertiary/aromatic N) is 1. The van der Waals surface area contributed by atoms with Crippen molar-refractivity contribution in [2.45, 2.75) is 50.7 Å². The van der Waals surface area contributed by atoms with Crippen molar-refractivity contribution in [3.8, 4) is 5.75 Å². The molecule has 1 aliphatic heterocycles. The minimum atomic E-state index is -0.632. The first-order valence-electron chi connectivity index (χ1n) is 11.0. The Bertz CT molecular complexity index is 865. The second-order valence-electron chi connectivity index (χ2n) is 8.81. The number of anilines is 1. The molecule has 1 saturated carbocycles. The van der Waals surface area contributed by atoms with Gasteiger partial charge in [0.2, 0.25) is 5.91 Å². The maximum absolute atomic E-state index is 12.8. The van der Waals surface area contributed by atoms with E-state index in [1.165, 1.54) is 5.56 Å². The lowest BCUT2D eigenvalue weighted by Crippen LogP contribution is -2.56. The maximum Gasteiger partial charge on any atom is 0.238 e. The molecule has 2 fully saturated rings. The molecule has 0 spiro atoms. The second-order valence-corrected chi connectivity index (χ2v) is 8.81. The van der Waals surface area contributed by atoms with E-state index < -0.39 is 5.60 Å². The minimum Gasteiger partial charge on any atom is -0.497 e. The van der Waals surface area contributed by atoms with Gasteiger partial charge in [0.25, 0.3) is 0 Å². The number of aliphatic hydroxyl groups is 1. The molecule has 5 heteroatoms. The number of carbonyl (C=O) groups is 1. The molecular formula is C25H32N2O3. The number of likely N-dealkylation sites (tertiary alicyclic amines) is 1. The first-order chi connectivity index (χ1) is 14.5. The zero-order valence-corrected chi connectivity index (χ0v) is 17.9. The SMILES string of the molecule is COc1ccc([C@@H]2[C@@H]3CCCC[C@]3(O)CCN2CC(=O)Nc2ccc(C)cc2)cc1. The molecule has 4 rings (SSSR count). The first-order valence-corrected chi connectivity index (χ1v) is 11.0. The predicted octanol–water partition coefficient (Wildman–Crippen LogP) is 4.31. The van der Waals surface area contributed by atoms with Crippen LogP contribution >= 0.6 is 0 Å². The van der Waals surface area contributed by atoms with Crippen LogP contribution < -0.4 is 10.1 Å². The van der Waals surface area contributed by atoms with Gasteiger partial charge in [0.05, 0.1) is 19.3 Å². The van der Waals surface area contributed by atoms with Crippen molar-refractivity contribution in [2.75, 3.05) is 25.5 Å². The van der Waals surface area contributed by atoms with Gasteiger partial charge < -0.3 is 15.2 Å². The van der Waals surface area contributed by atoms with Gasteiger partial charge in [-0.3, -0.25) is 9.69 Å². The average Bonchev–Trinajstić information content (AvgIpc) is 2.75. The summed E-state index contributed by atoms with van der Waals surface area (Å²) in [5.74, 6) is 0.941. The number of rotatable bonds is 5. The molecule has 0 aromatic heterocycles. The molecule has 2 N–H and O–H groups in total. The third-order valence-corrected chi connectivity index (χ3v) is 6.81. The standard InChI is InChI=1S/C25H32N2O3/c1-18-6-10-20(11-7-18)26-23(28)17-27-16-15-25(29)14-4-3-5-22(25)24(27)19-8-12-21(30-2)13-9-19/h6-13,22,24,29H,3-5,14-17H2,1-2H3,(H,26,28)/t22-,24+,25-/m0/s1. The predicted molar refractivity (Wildman–Crippen MR) is 119 cm³/mol. The minimum absolute atomic E-state index is 0.0152. The van der Waals surface area contributed by atoms with E-state index in [1.807, 2.05) is 43.3 Å². The Hall–Kier alpha value is -2.37. The summed E-state index contributed by atoms with van der Waals surface area (Å²) in [6, 6.07) is 16.0. The molecule has 0 bridgehead atoms. The molecule has 30 heavy (non-hydrogen) atoms. The van der Waals surface area contributed by atoms with Gasteiger partial charge in [-0.2, -0.15) is 0 Å². The second kappa shape index (κ2) is 8.78. The summed E-state index contributed by atoms with van der Waals surface area (Å²) in [5.41, 5.74) is 2.49.